The Morgan fingerprint density at radius 2 is 1.67 bits per heavy atom. The van der Waals surface area contributed by atoms with E-state index in [4.69, 9.17) is 5.26 Å². The van der Waals surface area contributed by atoms with Crippen molar-refractivity contribution in [3.8, 4) is 6.07 Å². The van der Waals surface area contributed by atoms with Crippen molar-refractivity contribution in [3.05, 3.63) is 76.9 Å². The number of hydrogen-bond acceptors (Lipinski definition) is 1. The van der Waals surface area contributed by atoms with Gasteiger partial charge in [0, 0.05) is 0 Å². The van der Waals surface area contributed by atoms with Crippen LogP contribution in [0.4, 0.5) is 0 Å². The molecule has 0 N–H and O–H groups in total. The summed E-state index contributed by atoms with van der Waals surface area (Å²) in [6.45, 7) is 2.09. The van der Waals surface area contributed by atoms with Gasteiger partial charge in [0.25, 0.3) is 0 Å². The van der Waals surface area contributed by atoms with Crippen LogP contribution in [0.25, 0.3) is 6.08 Å². The lowest BCUT2D eigenvalue weighted by molar-refractivity contribution is 1.26. The third-order valence-electron chi connectivity index (χ3n) is 2.82. The van der Waals surface area contributed by atoms with E-state index in [2.05, 4.69) is 49.4 Å². The molecule has 0 bridgehead atoms. The summed E-state index contributed by atoms with van der Waals surface area (Å²) in [5.74, 6) is 0. The Hall–Kier alpha value is -2.33. The summed E-state index contributed by atoms with van der Waals surface area (Å²) in [7, 11) is 0. The molecule has 0 spiro atoms. The Morgan fingerprint density at radius 3 is 2.28 bits per heavy atom. The van der Waals surface area contributed by atoms with Crippen molar-refractivity contribution in [3.63, 3.8) is 0 Å². The summed E-state index contributed by atoms with van der Waals surface area (Å²) in [5, 5.41) is 8.71. The number of benzene rings is 2. The van der Waals surface area contributed by atoms with E-state index in [1.807, 2.05) is 24.3 Å². The van der Waals surface area contributed by atoms with Crippen LogP contribution in [0.3, 0.4) is 0 Å². The number of nitriles is 1. The highest BCUT2D eigenvalue weighted by molar-refractivity contribution is 5.51. The zero-order chi connectivity index (χ0) is 12.8. The second-order valence-electron chi connectivity index (χ2n) is 4.33. The van der Waals surface area contributed by atoms with Crippen LogP contribution in [0.15, 0.2) is 54.6 Å². The van der Waals surface area contributed by atoms with Gasteiger partial charge in [0.1, 0.15) is 0 Å². The molecule has 2 aromatic carbocycles. The molecule has 0 saturated heterocycles. The van der Waals surface area contributed by atoms with Gasteiger partial charge in [0.15, 0.2) is 0 Å². The van der Waals surface area contributed by atoms with Crippen LogP contribution in [-0.4, -0.2) is 0 Å². The normalized spacial score (nSPS) is 10.4. The zero-order valence-electron chi connectivity index (χ0n) is 10.4. The SMILES string of the molecule is Cc1ccc(C/C=C/c2ccc(C#N)cc2)cc1. The minimum absolute atomic E-state index is 0.700. The Bertz CT molecular complexity index is 569. The molecule has 1 nitrogen and oxygen atoms in total. The summed E-state index contributed by atoms with van der Waals surface area (Å²) in [6, 6.07) is 18.3. The number of hydrogen-bond donors (Lipinski definition) is 0. The molecular formula is C17H15N. The number of rotatable bonds is 3. The van der Waals surface area contributed by atoms with Gasteiger partial charge in [-0.25, -0.2) is 0 Å². The van der Waals surface area contributed by atoms with Gasteiger partial charge in [-0.2, -0.15) is 5.26 Å². The lowest BCUT2D eigenvalue weighted by atomic mass is 10.1. The minimum atomic E-state index is 0.700. The molecule has 1 heteroatoms. The lowest BCUT2D eigenvalue weighted by Crippen LogP contribution is -1.81. The van der Waals surface area contributed by atoms with Crippen molar-refractivity contribution >= 4 is 6.08 Å². The fraction of sp³-hybridized carbons (Fsp3) is 0.118. The summed E-state index contributed by atoms with van der Waals surface area (Å²) in [6.07, 6.45) is 5.16. The molecule has 18 heavy (non-hydrogen) atoms. The van der Waals surface area contributed by atoms with Gasteiger partial charge in [-0.3, -0.25) is 0 Å². The van der Waals surface area contributed by atoms with E-state index >= 15 is 0 Å². The summed E-state index contributed by atoms with van der Waals surface area (Å²) in [4.78, 5) is 0. The third kappa shape index (κ3) is 3.33. The van der Waals surface area contributed by atoms with Crippen LogP contribution in [0.1, 0.15) is 22.3 Å². The second-order valence-corrected chi connectivity index (χ2v) is 4.33. The van der Waals surface area contributed by atoms with Crippen molar-refractivity contribution < 1.29 is 0 Å². The molecule has 0 amide bonds. The highest BCUT2D eigenvalue weighted by atomic mass is 14.2. The smallest absolute Gasteiger partial charge is 0.0991 e. The topological polar surface area (TPSA) is 23.8 Å². The fourth-order valence-corrected chi connectivity index (χ4v) is 1.72. The zero-order valence-corrected chi connectivity index (χ0v) is 10.4. The Balaban J connectivity index is 1.98. The molecule has 2 aromatic rings. The number of allylic oxidation sites excluding steroid dienone is 1. The van der Waals surface area contributed by atoms with Gasteiger partial charge < -0.3 is 0 Å². The third-order valence-corrected chi connectivity index (χ3v) is 2.82. The Morgan fingerprint density at radius 1 is 1.00 bits per heavy atom. The summed E-state index contributed by atoms with van der Waals surface area (Å²) >= 11 is 0. The van der Waals surface area contributed by atoms with Crippen LogP contribution in [0, 0.1) is 18.3 Å². The van der Waals surface area contributed by atoms with Gasteiger partial charge >= 0.3 is 0 Å². The van der Waals surface area contributed by atoms with Crippen LogP contribution in [-0.2, 0) is 6.42 Å². The first-order chi connectivity index (χ1) is 8.78. The minimum Gasteiger partial charge on any atom is -0.192 e. The average Bonchev–Trinajstić information content (AvgIpc) is 2.42. The van der Waals surface area contributed by atoms with Crippen LogP contribution in [0.2, 0.25) is 0 Å². The molecule has 88 valence electrons. The standard InChI is InChI=1S/C17H15N/c1-14-5-7-15(8-6-14)3-2-4-16-9-11-17(13-18)12-10-16/h2,4-12H,3H2,1H3/b4-2+. The van der Waals surface area contributed by atoms with E-state index < -0.39 is 0 Å². The first kappa shape index (κ1) is 12.1. The molecule has 2 rings (SSSR count). The van der Waals surface area contributed by atoms with Gasteiger partial charge in [-0.1, -0.05) is 54.1 Å². The van der Waals surface area contributed by atoms with Gasteiger partial charge in [-0.05, 0) is 36.6 Å². The molecular weight excluding hydrogens is 218 g/mol. The molecule has 0 atom stereocenters. The predicted octanol–water partition coefficient (Wildman–Crippen LogP) is 4.12. The molecule has 0 unspecified atom stereocenters. The van der Waals surface area contributed by atoms with Crippen molar-refractivity contribution in [2.75, 3.05) is 0 Å². The van der Waals surface area contributed by atoms with Crippen LogP contribution in [0.5, 0.6) is 0 Å². The first-order valence-electron chi connectivity index (χ1n) is 6.00. The highest BCUT2D eigenvalue weighted by Crippen LogP contribution is 2.08. The molecule has 0 heterocycles. The number of aryl methyl sites for hydroxylation is 1. The predicted molar refractivity (Wildman–Crippen MR) is 75.1 cm³/mol. The van der Waals surface area contributed by atoms with E-state index in [1.54, 1.807) is 0 Å². The molecule has 0 aromatic heterocycles. The maximum absolute atomic E-state index is 8.71. The molecule has 0 aliphatic heterocycles. The Kier molecular flexibility index (Phi) is 3.94. The van der Waals surface area contributed by atoms with Crippen LogP contribution < -0.4 is 0 Å². The van der Waals surface area contributed by atoms with Crippen molar-refractivity contribution in [1.29, 1.82) is 5.26 Å². The largest absolute Gasteiger partial charge is 0.192 e. The van der Waals surface area contributed by atoms with E-state index in [9.17, 15) is 0 Å². The van der Waals surface area contributed by atoms with Gasteiger partial charge in [-0.15, -0.1) is 0 Å². The lowest BCUT2D eigenvalue weighted by Gasteiger charge is -1.97. The quantitative estimate of drug-likeness (QED) is 0.782. The maximum atomic E-state index is 8.71. The van der Waals surface area contributed by atoms with E-state index in [0.717, 1.165) is 12.0 Å². The number of nitrogens with zero attached hydrogens (tertiary/aromatic N) is 1. The summed E-state index contributed by atoms with van der Waals surface area (Å²) in [5.41, 5.74) is 4.42. The molecule has 0 aliphatic carbocycles. The molecule has 0 fully saturated rings. The van der Waals surface area contributed by atoms with Gasteiger partial charge in [0.05, 0.1) is 11.6 Å². The molecule has 0 radical (unpaired) electrons. The van der Waals surface area contributed by atoms with E-state index in [-0.39, 0.29) is 0 Å². The first-order valence-corrected chi connectivity index (χ1v) is 6.00. The monoisotopic (exact) mass is 233 g/mol. The van der Waals surface area contributed by atoms with Crippen molar-refractivity contribution in [1.82, 2.24) is 0 Å². The van der Waals surface area contributed by atoms with Crippen LogP contribution >= 0.6 is 0 Å². The van der Waals surface area contributed by atoms with E-state index in [1.165, 1.54) is 11.1 Å². The average molecular weight is 233 g/mol. The van der Waals surface area contributed by atoms with Gasteiger partial charge in [0.2, 0.25) is 0 Å². The second kappa shape index (κ2) is 5.84. The molecule has 0 saturated carbocycles. The maximum Gasteiger partial charge on any atom is 0.0991 e. The fourth-order valence-electron chi connectivity index (χ4n) is 1.72. The van der Waals surface area contributed by atoms with Crippen molar-refractivity contribution in [2.45, 2.75) is 13.3 Å². The Labute approximate surface area is 108 Å². The molecule has 0 aliphatic rings. The van der Waals surface area contributed by atoms with E-state index in [0.29, 0.717) is 5.56 Å². The summed E-state index contributed by atoms with van der Waals surface area (Å²) < 4.78 is 0. The van der Waals surface area contributed by atoms with Crippen molar-refractivity contribution in [2.24, 2.45) is 0 Å². The highest BCUT2D eigenvalue weighted by Gasteiger charge is 1.91.